The molecular weight excluding hydrogens is 196 g/mol. The van der Waals surface area contributed by atoms with Gasteiger partial charge < -0.3 is 19.7 Å². The van der Waals surface area contributed by atoms with Crippen molar-refractivity contribution >= 4 is 5.91 Å². The molecule has 1 fully saturated rings. The molecular formula is C10H20N2O3. The molecule has 0 aromatic heterocycles. The van der Waals surface area contributed by atoms with Crippen molar-refractivity contribution in [2.45, 2.75) is 12.5 Å². The topological polar surface area (TPSA) is 50.8 Å². The highest BCUT2D eigenvalue weighted by molar-refractivity contribution is 5.83. The Morgan fingerprint density at radius 2 is 2.27 bits per heavy atom. The number of amides is 1. The molecule has 88 valence electrons. The van der Waals surface area contributed by atoms with E-state index in [0.717, 1.165) is 13.0 Å². The maximum Gasteiger partial charge on any atom is 0.239 e. The second-order valence-electron chi connectivity index (χ2n) is 3.56. The zero-order valence-corrected chi connectivity index (χ0v) is 9.49. The molecule has 1 heterocycles. The van der Waals surface area contributed by atoms with Gasteiger partial charge in [0.2, 0.25) is 5.91 Å². The molecule has 0 saturated carbocycles. The fourth-order valence-corrected chi connectivity index (χ4v) is 1.65. The Labute approximate surface area is 90.7 Å². The first-order chi connectivity index (χ1) is 7.29. The molecule has 0 aromatic rings. The highest BCUT2D eigenvalue weighted by atomic mass is 16.5. The Morgan fingerprint density at radius 3 is 2.87 bits per heavy atom. The molecule has 1 rings (SSSR count). The van der Waals surface area contributed by atoms with Crippen molar-refractivity contribution < 1.29 is 14.3 Å². The van der Waals surface area contributed by atoms with Gasteiger partial charge in [0.1, 0.15) is 0 Å². The van der Waals surface area contributed by atoms with Crippen molar-refractivity contribution in [3.63, 3.8) is 0 Å². The number of likely N-dealkylation sites (tertiary alicyclic amines) is 1. The molecule has 1 amide bonds. The number of ether oxygens (including phenoxy) is 2. The fourth-order valence-electron chi connectivity index (χ4n) is 1.65. The molecule has 0 bridgehead atoms. The Balaban J connectivity index is 2.09. The monoisotopic (exact) mass is 216 g/mol. The number of methoxy groups -OCH3 is 1. The van der Waals surface area contributed by atoms with Crippen LogP contribution < -0.4 is 5.32 Å². The van der Waals surface area contributed by atoms with E-state index < -0.39 is 0 Å². The van der Waals surface area contributed by atoms with Gasteiger partial charge >= 0.3 is 0 Å². The summed E-state index contributed by atoms with van der Waals surface area (Å²) in [6, 6.07) is 0.00368. The van der Waals surface area contributed by atoms with Gasteiger partial charge in [-0.3, -0.25) is 4.79 Å². The van der Waals surface area contributed by atoms with Gasteiger partial charge in [-0.25, -0.2) is 0 Å². The Kier molecular flexibility index (Phi) is 5.60. The van der Waals surface area contributed by atoms with Crippen molar-refractivity contribution in [3.8, 4) is 0 Å². The van der Waals surface area contributed by atoms with Gasteiger partial charge in [0.05, 0.1) is 25.9 Å². The second kappa shape index (κ2) is 6.76. The van der Waals surface area contributed by atoms with E-state index in [2.05, 4.69) is 5.32 Å². The van der Waals surface area contributed by atoms with Gasteiger partial charge in [-0.05, 0) is 13.5 Å². The van der Waals surface area contributed by atoms with Crippen LogP contribution in [0.15, 0.2) is 0 Å². The number of likely N-dealkylation sites (N-methyl/N-ethyl adjacent to an activating group) is 1. The van der Waals surface area contributed by atoms with Gasteiger partial charge in [0.25, 0.3) is 0 Å². The van der Waals surface area contributed by atoms with Crippen LogP contribution in [0.5, 0.6) is 0 Å². The maximum absolute atomic E-state index is 11.6. The molecule has 0 spiro atoms. The minimum atomic E-state index is 0.00368. The second-order valence-corrected chi connectivity index (χ2v) is 3.56. The van der Waals surface area contributed by atoms with Gasteiger partial charge in [-0.1, -0.05) is 0 Å². The third kappa shape index (κ3) is 3.77. The minimum absolute atomic E-state index is 0.00368. The number of rotatable bonds is 7. The quantitative estimate of drug-likeness (QED) is 0.581. The molecule has 1 aliphatic rings. The molecule has 0 radical (unpaired) electrons. The van der Waals surface area contributed by atoms with E-state index in [-0.39, 0.29) is 11.9 Å². The average Bonchev–Trinajstić information content (AvgIpc) is 2.60. The summed E-state index contributed by atoms with van der Waals surface area (Å²) in [6.45, 7) is 3.30. The summed E-state index contributed by atoms with van der Waals surface area (Å²) in [5, 5.41) is 3.00. The van der Waals surface area contributed by atoms with Gasteiger partial charge in [0, 0.05) is 20.2 Å². The molecule has 1 saturated heterocycles. The Bertz CT molecular complexity index is 199. The van der Waals surface area contributed by atoms with Crippen LogP contribution in [0.1, 0.15) is 6.42 Å². The predicted octanol–water partition coefficient (Wildman–Crippen LogP) is -0.530. The van der Waals surface area contributed by atoms with Gasteiger partial charge in [-0.2, -0.15) is 0 Å². The summed E-state index contributed by atoms with van der Waals surface area (Å²) in [7, 11) is 3.46. The molecule has 5 nitrogen and oxygen atoms in total. The summed E-state index contributed by atoms with van der Waals surface area (Å²) >= 11 is 0. The number of carbonyl (C=O) groups is 1. The van der Waals surface area contributed by atoms with E-state index in [4.69, 9.17) is 9.47 Å². The van der Waals surface area contributed by atoms with Crippen LogP contribution in [0.4, 0.5) is 0 Å². The maximum atomic E-state index is 11.6. The number of hydrogen-bond acceptors (Lipinski definition) is 4. The van der Waals surface area contributed by atoms with Crippen LogP contribution in [0, 0.1) is 0 Å². The van der Waals surface area contributed by atoms with Crippen molar-refractivity contribution in [2.75, 3.05) is 47.1 Å². The van der Waals surface area contributed by atoms with Crippen LogP contribution in [0.2, 0.25) is 0 Å². The summed E-state index contributed by atoms with van der Waals surface area (Å²) in [5.41, 5.74) is 0. The largest absolute Gasteiger partial charge is 0.382 e. The molecule has 15 heavy (non-hydrogen) atoms. The zero-order chi connectivity index (χ0) is 11.1. The first-order valence-electron chi connectivity index (χ1n) is 5.32. The lowest BCUT2D eigenvalue weighted by Crippen LogP contribution is -2.37. The number of nitrogens with one attached hydrogen (secondary N) is 1. The Morgan fingerprint density at radius 1 is 1.47 bits per heavy atom. The normalized spacial score (nSPS) is 21.3. The van der Waals surface area contributed by atoms with Crippen LogP contribution >= 0.6 is 0 Å². The van der Waals surface area contributed by atoms with Gasteiger partial charge in [-0.15, -0.1) is 0 Å². The summed E-state index contributed by atoms with van der Waals surface area (Å²) in [6.07, 6.45) is 0.896. The number of hydrogen-bond donors (Lipinski definition) is 1. The SMILES string of the molecule is CNC1CCN(CCOCCOC)C1=O. The van der Waals surface area contributed by atoms with E-state index >= 15 is 0 Å². The van der Waals surface area contributed by atoms with E-state index in [9.17, 15) is 4.79 Å². The number of carbonyl (C=O) groups excluding carboxylic acids is 1. The lowest BCUT2D eigenvalue weighted by atomic mass is 10.3. The molecule has 0 aliphatic carbocycles. The highest BCUT2D eigenvalue weighted by Crippen LogP contribution is 2.09. The summed E-state index contributed by atoms with van der Waals surface area (Å²) < 4.78 is 10.2. The zero-order valence-electron chi connectivity index (χ0n) is 9.49. The van der Waals surface area contributed by atoms with E-state index in [1.54, 1.807) is 7.11 Å². The van der Waals surface area contributed by atoms with Crippen LogP contribution in [-0.4, -0.2) is 63.9 Å². The molecule has 0 aromatic carbocycles. The first kappa shape index (κ1) is 12.4. The van der Waals surface area contributed by atoms with Crippen LogP contribution in [0.3, 0.4) is 0 Å². The average molecular weight is 216 g/mol. The fraction of sp³-hybridized carbons (Fsp3) is 0.900. The van der Waals surface area contributed by atoms with Crippen molar-refractivity contribution in [1.29, 1.82) is 0 Å². The standard InChI is InChI=1S/C10H20N2O3/c1-11-9-3-4-12(10(9)13)5-6-15-8-7-14-2/h9,11H,3-8H2,1-2H3. The molecule has 1 aliphatic heterocycles. The Hall–Kier alpha value is -0.650. The van der Waals surface area contributed by atoms with E-state index in [1.807, 2.05) is 11.9 Å². The van der Waals surface area contributed by atoms with Crippen LogP contribution in [0.25, 0.3) is 0 Å². The van der Waals surface area contributed by atoms with Crippen LogP contribution in [-0.2, 0) is 14.3 Å². The predicted molar refractivity (Wildman–Crippen MR) is 56.7 cm³/mol. The van der Waals surface area contributed by atoms with Gasteiger partial charge in [0.15, 0.2) is 0 Å². The lowest BCUT2D eigenvalue weighted by molar-refractivity contribution is -0.130. The van der Waals surface area contributed by atoms with Crippen molar-refractivity contribution in [2.24, 2.45) is 0 Å². The highest BCUT2D eigenvalue weighted by Gasteiger charge is 2.29. The minimum Gasteiger partial charge on any atom is -0.382 e. The smallest absolute Gasteiger partial charge is 0.239 e. The first-order valence-corrected chi connectivity index (χ1v) is 5.32. The molecule has 1 atom stereocenters. The van der Waals surface area contributed by atoms with E-state index in [1.165, 1.54) is 0 Å². The summed E-state index contributed by atoms with van der Waals surface area (Å²) in [5.74, 6) is 0.188. The summed E-state index contributed by atoms with van der Waals surface area (Å²) in [4.78, 5) is 13.5. The third-order valence-corrected chi connectivity index (χ3v) is 2.58. The lowest BCUT2D eigenvalue weighted by Gasteiger charge is -2.16. The molecule has 1 N–H and O–H groups in total. The molecule has 5 heteroatoms. The van der Waals surface area contributed by atoms with E-state index in [0.29, 0.717) is 26.4 Å². The number of nitrogens with zero attached hydrogens (tertiary/aromatic N) is 1. The van der Waals surface area contributed by atoms with Crippen molar-refractivity contribution in [1.82, 2.24) is 10.2 Å². The van der Waals surface area contributed by atoms with Crippen molar-refractivity contribution in [3.05, 3.63) is 0 Å². The molecule has 1 unspecified atom stereocenters. The third-order valence-electron chi connectivity index (χ3n) is 2.58.